The largest absolute Gasteiger partial charge is 0.495 e. The Hall–Kier alpha value is -1.00. The van der Waals surface area contributed by atoms with Gasteiger partial charge < -0.3 is 10.1 Å². The van der Waals surface area contributed by atoms with Crippen LogP contribution in [-0.2, 0) is 6.54 Å². The van der Waals surface area contributed by atoms with Gasteiger partial charge >= 0.3 is 0 Å². The normalized spacial score (nSPS) is 10.3. The third-order valence-corrected chi connectivity index (χ3v) is 3.79. The Balaban J connectivity index is 2.19. The third kappa shape index (κ3) is 3.74. The molecule has 2 aromatic carbocycles. The van der Waals surface area contributed by atoms with Crippen LogP contribution < -0.4 is 10.1 Å². The number of rotatable bonds is 4. The van der Waals surface area contributed by atoms with Crippen LogP contribution in [0.2, 0.25) is 0 Å². The van der Waals surface area contributed by atoms with E-state index in [0.29, 0.717) is 0 Å². The number of ether oxygens (including phenoxy) is 1. The van der Waals surface area contributed by atoms with Gasteiger partial charge in [-0.15, -0.1) is 0 Å². The van der Waals surface area contributed by atoms with E-state index in [-0.39, 0.29) is 0 Å². The lowest BCUT2D eigenvalue weighted by Crippen LogP contribution is -2.03. The summed E-state index contributed by atoms with van der Waals surface area (Å²) in [6, 6.07) is 12.3. The summed E-state index contributed by atoms with van der Waals surface area (Å²) in [5.41, 5.74) is 3.41. The van der Waals surface area contributed by atoms with Crippen LogP contribution >= 0.6 is 31.9 Å². The lowest BCUT2D eigenvalue weighted by atomic mass is 10.1. The molecule has 0 aliphatic carbocycles. The fourth-order valence-electron chi connectivity index (χ4n) is 1.94. The van der Waals surface area contributed by atoms with E-state index in [1.807, 2.05) is 18.2 Å². The fraction of sp³-hybridized carbons (Fsp3) is 0.200. The average molecular weight is 385 g/mol. The van der Waals surface area contributed by atoms with Gasteiger partial charge in [-0.25, -0.2) is 0 Å². The Labute approximate surface area is 130 Å². The van der Waals surface area contributed by atoms with E-state index in [9.17, 15) is 0 Å². The van der Waals surface area contributed by atoms with Gasteiger partial charge in [-0.2, -0.15) is 0 Å². The molecule has 0 aromatic heterocycles. The zero-order valence-electron chi connectivity index (χ0n) is 10.8. The smallest absolute Gasteiger partial charge is 0.143 e. The second-order valence-corrected chi connectivity index (χ2v) is 6.11. The lowest BCUT2D eigenvalue weighted by molar-refractivity contribution is 0.416. The first-order valence-corrected chi connectivity index (χ1v) is 7.51. The first kappa shape index (κ1) is 14.4. The SMILES string of the molecule is COc1cc(Br)cc(C)c1NCc1cccc(Br)c1. The van der Waals surface area contributed by atoms with E-state index in [1.54, 1.807) is 7.11 Å². The van der Waals surface area contributed by atoms with Gasteiger partial charge in [0, 0.05) is 15.5 Å². The molecule has 2 rings (SSSR count). The van der Waals surface area contributed by atoms with Gasteiger partial charge in [-0.1, -0.05) is 44.0 Å². The molecule has 0 spiro atoms. The number of methoxy groups -OCH3 is 1. The summed E-state index contributed by atoms with van der Waals surface area (Å²) in [6.07, 6.45) is 0. The predicted molar refractivity (Wildman–Crippen MR) is 86.9 cm³/mol. The first-order valence-electron chi connectivity index (χ1n) is 5.92. The number of nitrogens with one attached hydrogen (secondary N) is 1. The monoisotopic (exact) mass is 383 g/mol. The van der Waals surface area contributed by atoms with E-state index < -0.39 is 0 Å². The van der Waals surface area contributed by atoms with Crippen molar-refractivity contribution in [1.29, 1.82) is 0 Å². The summed E-state index contributed by atoms with van der Waals surface area (Å²) in [4.78, 5) is 0. The zero-order valence-corrected chi connectivity index (χ0v) is 14.0. The van der Waals surface area contributed by atoms with Gasteiger partial charge in [0.2, 0.25) is 0 Å². The molecule has 0 bridgehead atoms. The third-order valence-electron chi connectivity index (χ3n) is 2.84. The van der Waals surface area contributed by atoms with Gasteiger partial charge in [0.1, 0.15) is 5.75 Å². The molecule has 0 radical (unpaired) electrons. The van der Waals surface area contributed by atoms with Gasteiger partial charge in [0.15, 0.2) is 0 Å². The zero-order chi connectivity index (χ0) is 13.8. The first-order chi connectivity index (χ1) is 9.10. The standard InChI is InChI=1S/C15H15Br2NO/c1-10-6-13(17)8-14(19-2)15(10)18-9-11-4-3-5-12(16)7-11/h3-8,18H,9H2,1-2H3. The van der Waals surface area contributed by atoms with Crippen LogP contribution in [0.25, 0.3) is 0 Å². The maximum Gasteiger partial charge on any atom is 0.143 e. The minimum Gasteiger partial charge on any atom is -0.495 e. The second kappa shape index (κ2) is 6.44. The van der Waals surface area contributed by atoms with Crippen molar-refractivity contribution >= 4 is 37.5 Å². The van der Waals surface area contributed by atoms with Crippen LogP contribution in [0.5, 0.6) is 5.75 Å². The molecule has 0 aliphatic rings. The van der Waals surface area contributed by atoms with Crippen LogP contribution in [0.3, 0.4) is 0 Å². The van der Waals surface area contributed by atoms with Crippen molar-refractivity contribution in [3.8, 4) is 5.75 Å². The van der Waals surface area contributed by atoms with Crippen LogP contribution in [0.15, 0.2) is 45.3 Å². The molecule has 2 nitrogen and oxygen atoms in total. The molecule has 100 valence electrons. The molecule has 19 heavy (non-hydrogen) atoms. The summed E-state index contributed by atoms with van der Waals surface area (Å²) in [5, 5.41) is 3.44. The lowest BCUT2D eigenvalue weighted by Gasteiger charge is -2.14. The maximum atomic E-state index is 5.42. The Morgan fingerprint density at radius 2 is 1.89 bits per heavy atom. The van der Waals surface area contributed by atoms with Crippen LogP contribution in [-0.4, -0.2) is 7.11 Å². The van der Waals surface area contributed by atoms with E-state index in [2.05, 4.69) is 62.3 Å². The average Bonchev–Trinajstić information content (AvgIpc) is 2.37. The summed E-state index contributed by atoms with van der Waals surface area (Å²) in [7, 11) is 1.69. The summed E-state index contributed by atoms with van der Waals surface area (Å²) < 4.78 is 7.53. The van der Waals surface area contributed by atoms with Crippen LogP contribution in [0, 0.1) is 6.92 Å². The number of benzene rings is 2. The number of halogens is 2. The van der Waals surface area contributed by atoms with E-state index >= 15 is 0 Å². The van der Waals surface area contributed by atoms with E-state index in [0.717, 1.165) is 32.5 Å². The molecule has 0 atom stereocenters. The Kier molecular flexibility index (Phi) is 4.88. The molecule has 0 aliphatic heterocycles. The highest BCUT2D eigenvalue weighted by Crippen LogP contribution is 2.32. The predicted octanol–water partition coefficient (Wildman–Crippen LogP) is 5.14. The molecule has 4 heteroatoms. The van der Waals surface area contributed by atoms with Gasteiger partial charge in [-0.3, -0.25) is 0 Å². The van der Waals surface area contributed by atoms with Crippen molar-refractivity contribution in [1.82, 2.24) is 0 Å². The number of hydrogen-bond donors (Lipinski definition) is 1. The topological polar surface area (TPSA) is 21.3 Å². The molecule has 0 heterocycles. The highest BCUT2D eigenvalue weighted by atomic mass is 79.9. The molecule has 0 amide bonds. The quantitative estimate of drug-likeness (QED) is 0.787. The molecule has 0 saturated carbocycles. The minimum absolute atomic E-state index is 0.762. The van der Waals surface area contributed by atoms with Gasteiger partial charge in [-0.05, 0) is 42.3 Å². The molecule has 0 fully saturated rings. The Bertz CT molecular complexity index is 584. The highest BCUT2D eigenvalue weighted by Gasteiger charge is 2.07. The number of anilines is 1. The summed E-state index contributed by atoms with van der Waals surface area (Å²) >= 11 is 6.96. The van der Waals surface area contributed by atoms with Gasteiger partial charge in [0.25, 0.3) is 0 Å². The Morgan fingerprint density at radius 3 is 2.58 bits per heavy atom. The minimum atomic E-state index is 0.762. The van der Waals surface area contributed by atoms with E-state index in [1.165, 1.54) is 5.56 Å². The molecular formula is C15H15Br2NO. The van der Waals surface area contributed by atoms with Crippen LogP contribution in [0.1, 0.15) is 11.1 Å². The second-order valence-electron chi connectivity index (χ2n) is 4.28. The van der Waals surface area contributed by atoms with Crippen molar-refractivity contribution in [3.63, 3.8) is 0 Å². The van der Waals surface area contributed by atoms with Crippen molar-refractivity contribution in [2.24, 2.45) is 0 Å². The van der Waals surface area contributed by atoms with E-state index in [4.69, 9.17) is 4.74 Å². The van der Waals surface area contributed by atoms with Crippen molar-refractivity contribution in [2.45, 2.75) is 13.5 Å². The molecule has 2 aromatic rings. The fourth-order valence-corrected chi connectivity index (χ4v) is 2.94. The highest BCUT2D eigenvalue weighted by molar-refractivity contribution is 9.10. The maximum absolute atomic E-state index is 5.42. The van der Waals surface area contributed by atoms with Crippen molar-refractivity contribution in [2.75, 3.05) is 12.4 Å². The van der Waals surface area contributed by atoms with Gasteiger partial charge in [0.05, 0.1) is 12.8 Å². The molecule has 0 unspecified atom stereocenters. The summed E-state index contributed by atoms with van der Waals surface area (Å²) in [6.45, 7) is 2.83. The van der Waals surface area contributed by atoms with Crippen molar-refractivity contribution < 1.29 is 4.74 Å². The Morgan fingerprint density at radius 1 is 1.11 bits per heavy atom. The van der Waals surface area contributed by atoms with Crippen LogP contribution in [0.4, 0.5) is 5.69 Å². The summed E-state index contributed by atoms with van der Waals surface area (Å²) in [5.74, 6) is 0.849. The number of aryl methyl sites for hydroxylation is 1. The van der Waals surface area contributed by atoms with Crippen molar-refractivity contribution in [3.05, 3.63) is 56.5 Å². The molecule has 1 N–H and O–H groups in total. The molecule has 0 saturated heterocycles. The number of hydrogen-bond acceptors (Lipinski definition) is 2. The molecular weight excluding hydrogens is 370 g/mol.